The van der Waals surface area contributed by atoms with Gasteiger partial charge in [0.2, 0.25) is 0 Å². The van der Waals surface area contributed by atoms with Gasteiger partial charge in [0.05, 0.1) is 24.3 Å². The molecule has 108 valence electrons. The number of hydrogen-bond donors (Lipinski definition) is 2. The molecule has 21 heavy (non-hydrogen) atoms. The van der Waals surface area contributed by atoms with Crippen molar-refractivity contribution in [2.45, 2.75) is 38.3 Å². The SMILES string of the molecule is CCCC(CC#N)c1ncc(C2=C3C=CNC3N=CN2)o1. The van der Waals surface area contributed by atoms with Crippen LogP contribution in [-0.2, 0) is 0 Å². The highest BCUT2D eigenvalue weighted by molar-refractivity contribution is 5.81. The van der Waals surface area contributed by atoms with Crippen LogP contribution in [0, 0.1) is 11.3 Å². The molecule has 2 N–H and O–H groups in total. The van der Waals surface area contributed by atoms with E-state index in [0.717, 1.165) is 24.1 Å². The van der Waals surface area contributed by atoms with Gasteiger partial charge in [-0.2, -0.15) is 5.26 Å². The Hall–Kier alpha value is -2.55. The fraction of sp³-hybridized carbons (Fsp3) is 0.400. The molecule has 0 aliphatic carbocycles. The van der Waals surface area contributed by atoms with E-state index in [2.05, 4.69) is 33.6 Å². The zero-order chi connectivity index (χ0) is 14.7. The molecule has 0 bridgehead atoms. The minimum atomic E-state index is -0.0552. The molecule has 2 atom stereocenters. The summed E-state index contributed by atoms with van der Waals surface area (Å²) in [5.41, 5.74) is 1.91. The number of hydrogen-bond acceptors (Lipinski definition) is 6. The maximum atomic E-state index is 8.93. The van der Waals surface area contributed by atoms with Gasteiger partial charge in [0.1, 0.15) is 6.17 Å². The lowest BCUT2D eigenvalue weighted by Crippen LogP contribution is -2.28. The third kappa shape index (κ3) is 2.55. The third-order valence-electron chi connectivity index (χ3n) is 3.63. The first kappa shape index (κ1) is 13.4. The molecule has 1 aromatic rings. The van der Waals surface area contributed by atoms with Crippen molar-refractivity contribution in [3.63, 3.8) is 0 Å². The summed E-state index contributed by atoms with van der Waals surface area (Å²) in [4.78, 5) is 8.66. The van der Waals surface area contributed by atoms with Gasteiger partial charge in [-0.05, 0) is 18.7 Å². The van der Waals surface area contributed by atoms with Crippen LogP contribution in [0.5, 0.6) is 0 Å². The van der Waals surface area contributed by atoms with E-state index < -0.39 is 0 Å². The van der Waals surface area contributed by atoms with Gasteiger partial charge < -0.3 is 15.1 Å². The smallest absolute Gasteiger partial charge is 0.199 e. The van der Waals surface area contributed by atoms with Crippen molar-refractivity contribution < 1.29 is 4.42 Å². The molecular weight excluding hydrogens is 266 g/mol. The minimum Gasteiger partial charge on any atom is -0.439 e. The first-order valence-corrected chi connectivity index (χ1v) is 7.11. The van der Waals surface area contributed by atoms with Gasteiger partial charge in [0, 0.05) is 17.9 Å². The summed E-state index contributed by atoms with van der Waals surface area (Å²) in [5.74, 6) is 1.38. The van der Waals surface area contributed by atoms with Crippen molar-refractivity contribution in [3.05, 3.63) is 35.7 Å². The quantitative estimate of drug-likeness (QED) is 0.865. The molecule has 0 saturated heterocycles. The van der Waals surface area contributed by atoms with Crippen LogP contribution in [0.4, 0.5) is 0 Å². The molecule has 6 nitrogen and oxygen atoms in total. The number of nitrogens with zero attached hydrogens (tertiary/aromatic N) is 3. The Morgan fingerprint density at radius 2 is 2.43 bits per heavy atom. The van der Waals surface area contributed by atoms with Gasteiger partial charge in [-0.3, -0.25) is 0 Å². The summed E-state index contributed by atoms with van der Waals surface area (Å²) < 4.78 is 5.89. The Bertz CT molecular complexity index is 649. The van der Waals surface area contributed by atoms with Crippen molar-refractivity contribution in [1.29, 1.82) is 5.26 Å². The monoisotopic (exact) mass is 283 g/mol. The van der Waals surface area contributed by atoms with E-state index >= 15 is 0 Å². The van der Waals surface area contributed by atoms with E-state index in [1.807, 2.05) is 12.3 Å². The lowest BCUT2D eigenvalue weighted by Gasteiger charge is -2.17. The highest BCUT2D eigenvalue weighted by Crippen LogP contribution is 2.29. The van der Waals surface area contributed by atoms with E-state index in [1.165, 1.54) is 0 Å². The summed E-state index contributed by atoms with van der Waals surface area (Å²) in [7, 11) is 0. The number of oxazole rings is 1. The highest BCUT2D eigenvalue weighted by Gasteiger charge is 2.25. The van der Waals surface area contributed by atoms with Gasteiger partial charge >= 0.3 is 0 Å². The zero-order valence-electron chi connectivity index (χ0n) is 11.8. The van der Waals surface area contributed by atoms with Gasteiger partial charge in [0.15, 0.2) is 11.7 Å². The fourth-order valence-corrected chi connectivity index (χ4v) is 2.59. The highest BCUT2D eigenvalue weighted by atomic mass is 16.4. The molecule has 2 aliphatic rings. The zero-order valence-corrected chi connectivity index (χ0v) is 11.8. The van der Waals surface area contributed by atoms with E-state index in [1.54, 1.807) is 12.5 Å². The molecule has 2 aliphatic heterocycles. The summed E-state index contributed by atoms with van der Waals surface area (Å²) >= 11 is 0. The second-order valence-corrected chi connectivity index (χ2v) is 5.07. The number of fused-ring (bicyclic) bond motifs is 1. The van der Waals surface area contributed by atoms with Crippen LogP contribution in [0.3, 0.4) is 0 Å². The number of rotatable bonds is 5. The normalized spacial score (nSPS) is 20.7. The van der Waals surface area contributed by atoms with Crippen molar-refractivity contribution in [1.82, 2.24) is 15.6 Å². The van der Waals surface area contributed by atoms with Crippen LogP contribution in [-0.4, -0.2) is 17.5 Å². The largest absolute Gasteiger partial charge is 0.439 e. The van der Waals surface area contributed by atoms with E-state index in [-0.39, 0.29) is 12.1 Å². The Kier molecular flexibility index (Phi) is 3.73. The third-order valence-corrected chi connectivity index (χ3v) is 3.63. The molecule has 6 heteroatoms. The predicted molar refractivity (Wildman–Crippen MR) is 79.0 cm³/mol. The van der Waals surface area contributed by atoms with Crippen LogP contribution in [0.15, 0.2) is 33.5 Å². The number of aromatic nitrogens is 1. The average molecular weight is 283 g/mol. The Balaban J connectivity index is 1.88. The molecule has 0 spiro atoms. The van der Waals surface area contributed by atoms with Gasteiger partial charge in [0.25, 0.3) is 0 Å². The van der Waals surface area contributed by atoms with Crippen LogP contribution in [0.1, 0.15) is 43.8 Å². The number of nitriles is 1. The molecule has 0 radical (unpaired) electrons. The Labute approximate surface area is 123 Å². The maximum Gasteiger partial charge on any atom is 0.199 e. The van der Waals surface area contributed by atoms with E-state index in [9.17, 15) is 0 Å². The number of nitrogens with one attached hydrogen (secondary N) is 2. The second-order valence-electron chi connectivity index (χ2n) is 5.07. The van der Waals surface area contributed by atoms with Gasteiger partial charge in [-0.15, -0.1) is 0 Å². The predicted octanol–water partition coefficient (Wildman–Crippen LogP) is 2.26. The molecular formula is C15H17N5O. The maximum absolute atomic E-state index is 8.93. The Morgan fingerprint density at radius 1 is 1.52 bits per heavy atom. The van der Waals surface area contributed by atoms with E-state index in [0.29, 0.717) is 18.1 Å². The lowest BCUT2D eigenvalue weighted by molar-refractivity contribution is 0.423. The summed E-state index contributed by atoms with van der Waals surface area (Å²) in [5, 5.41) is 15.2. The van der Waals surface area contributed by atoms with Crippen LogP contribution >= 0.6 is 0 Å². The first-order chi connectivity index (χ1) is 10.3. The molecule has 3 heterocycles. The topological polar surface area (TPSA) is 86.2 Å². The Morgan fingerprint density at radius 3 is 3.24 bits per heavy atom. The molecule has 0 fully saturated rings. The van der Waals surface area contributed by atoms with Crippen molar-refractivity contribution in [2.75, 3.05) is 0 Å². The second kappa shape index (κ2) is 5.83. The van der Waals surface area contributed by atoms with Crippen LogP contribution in [0.25, 0.3) is 5.70 Å². The molecule has 1 aromatic heterocycles. The molecule has 2 unspecified atom stereocenters. The molecule has 3 rings (SSSR count). The standard InChI is InChI=1S/C15H17N5O/c1-2-3-10(4-6-16)15-18-8-12(21-15)13-11-5-7-17-14(11)20-9-19-13/h5,7-10,14,17H,2-4H2,1H3,(H,19,20). The summed E-state index contributed by atoms with van der Waals surface area (Å²) in [6.07, 6.45) is 9.49. The van der Waals surface area contributed by atoms with Gasteiger partial charge in [-0.1, -0.05) is 13.3 Å². The first-order valence-electron chi connectivity index (χ1n) is 7.11. The average Bonchev–Trinajstić information content (AvgIpc) is 3.15. The minimum absolute atomic E-state index is 0.0552. The summed E-state index contributed by atoms with van der Waals surface area (Å²) in [6, 6.07) is 2.21. The summed E-state index contributed by atoms with van der Waals surface area (Å²) in [6.45, 7) is 2.09. The van der Waals surface area contributed by atoms with Crippen LogP contribution in [0.2, 0.25) is 0 Å². The lowest BCUT2D eigenvalue weighted by atomic mass is 10.0. The van der Waals surface area contributed by atoms with Crippen molar-refractivity contribution in [3.8, 4) is 6.07 Å². The van der Waals surface area contributed by atoms with E-state index in [4.69, 9.17) is 9.68 Å². The van der Waals surface area contributed by atoms with Gasteiger partial charge in [-0.25, -0.2) is 9.98 Å². The molecule has 0 aromatic carbocycles. The van der Waals surface area contributed by atoms with Crippen molar-refractivity contribution in [2.24, 2.45) is 4.99 Å². The molecule has 0 amide bonds. The number of aliphatic imine (C=N–C) groups is 1. The van der Waals surface area contributed by atoms with Crippen LogP contribution < -0.4 is 10.6 Å². The fourth-order valence-electron chi connectivity index (χ4n) is 2.59. The molecule has 0 saturated carbocycles. The van der Waals surface area contributed by atoms with Crippen molar-refractivity contribution >= 4 is 12.0 Å².